The number of halogens is 2. The Morgan fingerprint density at radius 2 is 1.67 bits per heavy atom. The average molecular weight is 209 g/mol. The molecule has 0 unspecified atom stereocenters. The van der Waals surface area contributed by atoms with E-state index in [1.54, 1.807) is 24.3 Å². The lowest BCUT2D eigenvalue weighted by molar-refractivity contribution is 0.0953. The summed E-state index contributed by atoms with van der Waals surface area (Å²) in [5.41, 5.74) is 2.62. The standard InChI is InChI=1S/C7H8N2O.2ClH/c8-9-7(10)6-4-2-1-3-5-6;;/h1-5H,8H2,(H,9,10);2*1H. The first-order valence-corrected chi connectivity index (χ1v) is 2.90. The van der Waals surface area contributed by atoms with E-state index in [0.717, 1.165) is 0 Å². The molecule has 0 bridgehead atoms. The molecule has 0 saturated carbocycles. The van der Waals surface area contributed by atoms with E-state index in [4.69, 9.17) is 5.84 Å². The predicted molar refractivity (Wildman–Crippen MR) is 52.6 cm³/mol. The van der Waals surface area contributed by atoms with Gasteiger partial charge >= 0.3 is 0 Å². The van der Waals surface area contributed by atoms with Crippen molar-refractivity contribution in [3.05, 3.63) is 35.9 Å². The van der Waals surface area contributed by atoms with Gasteiger partial charge in [0.2, 0.25) is 0 Å². The van der Waals surface area contributed by atoms with Crippen LogP contribution >= 0.6 is 24.8 Å². The number of benzene rings is 1. The van der Waals surface area contributed by atoms with Gasteiger partial charge in [-0.2, -0.15) is 0 Å². The number of hydrazine groups is 1. The monoisotopic (exact) mass is 208 g/mol. The predicted octanol–water partition coefficient (Wildman–Crippen LogP) is 1.13. The van der Waals surface area contributed by atoms with Gasteiger partial charge in [-0.15, -0.1) is 24.8 Å². The highest BCUT2D eigenvalue weighted by atomic mass is 35.5. The van der Waals surface area contributed by atoms with Crippen molar-refractivity contribution in [1.29, 1.82) is 0 Å². The first-order chi connectivity index (χ1) is 4.84. The minimum Gasteiger partial charge on any atom is -0.290 e. The molecule has 0 aliphatic rings. The fourth-order valence-corrected chi connectivity index (χ4v) is 0.673. The molecule has 1 aromatic rings. The van der Waals surface area contributed by atoms with Gasteiger partial charge in [-0.3, -0.25) is 10.2 Å². The van der Waals surface area contributed by atoms with Crippen LogP contribution in [-0.4, -0.2) is 5.91 Å². The molecule has 1 rings (SSSR count). The van der Waals surface area contributed by atoms with Crippen molar-refractivity contribution in [2.75, 3.05) is 0 Å². The van der Waals surface area contributed by atoms with Crippen molar-refractivity contribution in [2.45, 2.75) is 0 Å². The summed E-state index contributed by atoms with van der Waals surface area (Å²) in [5.74, 6) is 4.64. The van der Waals surface area contributed by atoms with E-state index in [9.17, 15) is 4.79 Å². The maximum Gasteiger partial charge on any atom is 0.265 e. The van der Waals surface area contributed by atoms with Crippen LogP contribution in [0.25, 0.3) is 0 Å². The number of hydrogen-bond acceptors (Lipinski definition) is 2. The SMILES string of the molecule is Cl.Cl.NNC(=O)c1ccccc1. The normalized spacial score (nSPS) is 7.42. The maximum absolute atomic E-state index is 10.8. The van der Waals surface area contributed by atoms with Gasteiger partial charge < -0.3 is 0 Å². The van der Waals surface area contributed by atoms with Crippen molar-refractivity contribution >= 4 is 30.7 Å². The third-order valence-corrected chi connectivity index (χ3v) is 1.17. The topological polar surface area (TPSA) is 55.1 Å². The first kappa shape index (κ1) is 13.8. The molecule has 12 heavy (non-hydrogen) atoms. The number of hydrogen-bond donors (Lipinski definition) is 2. The van der Waals surface area contributed by atoms with Crippen LogP contribution in [0.1, 0.15) is 10.4 Å². The Bertz CT molecular complexity index is 228. The third kappa shape index (κ3) is 3.57. The number of amides is 1. The summed E-state index contributed by atoms with van der Waals surface area (Å²) in [5, 5.41) is 0. The molecular weight excluding hydrogens is 199 g/mol. The number of nitrogens with one attached hydrogen (secondary N) is 1. The molecule has 0 heterocycles. The van der Waals surface area contributed by atoms with Gasteiger partial charge in [0, 0.05) is 5.56 Å². The molecule has 0 radical (unpaired) electrons. The molecule has 0 saturated heterocycles. The maximum atomic E-state index is 10.8. The van der Waals surface area contributed by atoms with Crippen LogP contribution in [0.5, 0.6) is 0 Å². The molecule has 3 N–H and O–H groups in total. The van der Waals surface area contributed by atoms with E-state index in [1.165, 1.54) is 0 Å². The van der Waals surface area contributed by atoms with Gasteiger partial charge in [-0.25, -0.2) is 5.84 Å². The largest absolute Gasteiger partial charge is 0.290 e. The number of nitrogen functional groups attached to an aromatic ring is 1. The van der Waals surface area contributed by atoms with Crippen molar-refractivity contribution in [3.8, 4) is 0 Å². The Balaban J connectivity index is 0. The van der Waals surface area contributed by atoms with Gasteiger partial charge in [0.1, 0.15) is 0 Å². The van der Waals surface area contributed by atoms with Crippen LogP contribution < -0.4 is 11.3 Å². The second kappa shape index (κ2) is 6.91. The molecule has 0 aliphatic heterocycles. The van der Waals surface area contributed by atoms with Crippen LogP contribution in [0, 0.1) is 0 Å². The zero-order valence-electron chi connectivity index (χ0n) is 6.19. The molecule has 0 aromatic heterocycles. The van der Waals surface area contributed by atoms with Crippen molar-refractivity contribution in [3.63, 3.8) is 0 Å². The van der Waals surface area contributed by atoms with E-state index in [0.29, 0.717) is 5.56 Å². The van der Waals surface area contributed by atoms with E-state index in [2.05, 4.69) is 0 Å². The Kier molecular flexibility index (Phi) is 7.94. The Labute approximate surface area is 83.1 Å². The number of rotatable bonds is 1. The van der Waals surface area contributed by atoms with Gasteiger partial charge in [0.15, 0.2) is 0 Å². The lowest BCUT2D eigenvalue weighted by Gasteiger charge is -1.95. The lowest BCUT2D eigenvalue weighted by Crippen LogP contribution is -2.29. The van der Waals surface area contributed by atoms with E-state index < -0.39 is 0 Å². The van der Waals surface area contributed by atoms with Crippen LogP contribution in [0.15, 0.2) is 30.3 Å². The molecular formula is C7H10Cl2N2O. The van der Waals surface area contributed by atoms with Crippen LogP contribution in [-0.2, 0) is 0 Å². The van der Waals surface area contributed by atoms with Gasteiger partial charge in [0.05, 0.1) is 0 Å². The minimum absolute atomic E-state index is 0. The molecule has 0 spiro atoms. The summed E-state index contributed by atoms with van der Waals surface area (Å²) in [6.45, 7) is 0. The second-order valence-electron chi connectivity index (χ2n) is 1.84. The third-order valence-electron chi connectivity index (χ3n) is 1.17. The molecule has 0 fully saturated rings. The molecule has 3 nitrogen and oxygen atoms in total. The summed E-state index contributed by atoms with van der Waals surface area (Å²) >= 11 is 0. The number of carbonyl (C=O) groups is 1. The molecule has 1 amide bonds. The quantitative estimate of drug-likeness (QED) is 0.414. The van der Waals surface area contributed by atoms with Gasteiger partial charge in [-0.1, -0.05) is 18.2 Å². The minimum atomic E-state index is -0.263. The van der Waals surface area contributed by atoms with Gasteiger partial charge in [-0.05, 0) is 12.1 Å². The van der Waals surface area contributed by atoms with Crippen LogP contribution in [0.2, 0.25) is 0 Å². The highest BCUT2D eigenvalue weighted by molar-refractivity contribution is 5.93. The molecule has 68 valence electrons. The highest BCUT2D eigenvalue weighted by Crippen LogP contribution is 1.95. The summed E-state index contributed by atoms with van der Waals surface area (Å²) in [7, 11) is 0. The molecule has 5 heteroatoms. The van der Waals surface area contributed by atoms with Crippen LogP contribution in [0.3, 0.4) is 0 Å². The Morgan fingerprint density at radius 1 is 1.17 bits per heavy atom. The summed E-state index contributed by atoms with van der Waals surface area (Å²) < 4.78 is 0. The fraction of sp³-hybridized carbons (Fsp3) is 0. The van der Waals surface area contributed by atoms with E-state index in [-0.39, 0.29) is 30.7 Å². The number of nitrogens with two attached hydrogens (primary N) is 1. The number of carbonyl (C=O) groups excluding carboxylic acids is 1. The molecule has 0 atom stereocenters. The van der Waals surface area contributed by atoms with Crippen molar-refractivity contribution in [1.82, 2.24) is 5.43 Å². The first-order valence-electron chi connectivity index (χ1n) is 2.90. The van der Waals surface area contributed by atoms with Gasteiger partial charge in [0.25, 0.3) is 5.91 Å². The molecule has 0 aliphatic carbocycles. The van der Waals surface area contributed by atoms with Crippen LogP contribution in [0.4, 0.5) is 0 Å². The highest BCUT2D eigenvalue weighted by Gasteiger charge is 1.98. The summed E-state index contributed by atoms with van der Waals surface area (Å²) in [6.07, 6.45) is 0. The Hall–Kier alpha value is -0.770. The molecule has 1 aromatic carbocycles. The smallest absolute Gasteiger partial charge is 0.265 e. The fourth-order valence-electron chi connectivity index (χ4n) is 0.673. The van der Waals surface area contributed by atoms with E-state index >= 15 is 0 Å². The van der Waals surface area contributed by atoms with Crippen molar-refractivity contribution < 1.29 is 4.79 Å². The zero-order chi connectivity index (χ0) is 7.40. The average Bonchev–Trinajstić information content (AvgIpc) is 2.05. The van der Waals surface area contributed by atoms with Crippen molar-refractivity contribution in [2.24, 2.45) is 5.84 Å². The second-order valence-corrected chi connectivity index (χ2v) is 1.84. The zero-order valence-corrected chi connectivity index (χ0v) is 7.82. The van der Waals surface area contributed by atoms with E-state index in [1.807, 2.05) is 11.5 Å². The lowest BCUT2D eigenvalue weighted by atomic mass is 10.2. The Morgan fingerprint density at radius 3 is 2.08 bits per heavy atom. The summed E-state index contributed by atoms with van der Waals surface area (Å²) in [6, 6.07) is 8.80. The summed E-state index contributed by atoms with van der Waals surface area (Å²) in [4.78, 5) is 10.8.